The van der Waals surface area contributed by atoms with Crippen LogP contribution in [0.2, 0.25) is 0 Å². The van der Waals surface area contributed by atoms with Gasteiger partial charge in [-0.1, -0.05) is 13.8 Å². The minimum Gasteiger partial charge on any atom is -0.475 e. The first-order valence-corrected chi connectivity index (χ1v) is 5.77. The van der Waals surface area contributed by atoms with E-state index in [1.807, 2.05) is 13.8 Å². The lowest BCUT2D eigenvalue weighted by molar-refractivity contribution is 0.278. The molecule has 0 amide bonds. The molecule has 0 saturated carbocycles. The molecule has 1 aliphatic heterocycles. The van der Waals surface area contributed by atoms with Gasteiger partial charge in [0.05, 0.1) is 11.1 Å². The summed E-state index contributed by atoms with van der Waals surface area (Å²) >= 11 is 0. The Kier molecular flexibility index (Phi) is 4.38. The van der Waals surface area contributed by atoms with Gasteiger partial charge in [0.25, 0.3) is 0 Å². The van der Waals surface area contributed by atoms with Gasteiger partial charge in [-0.25, -0.2) is 18.2 Å². The molecule has 0 fully saturated rings. The minimum atomic E-state index is -1.22. The number of ether oxygens (including phenoxy) is 1. The molecule has 0 aliphatic carbocycles. The van der Waals surface area contributed by atoms with Gasteiger partial charge in [0.2, 0.25) is 5.90 Å². The molecule has 0 spiro atoms. The molecule has 0 atom stereocenters. The Balaban J connectivity index is 0.000000771. The molecule has 0 saturated heterocycles. The molecule has 1 aromatic carbocycles. The summed E-state index contributed by atoms with van der Waals surface area (Å²) in [6, 6.07) is 1.24. The van der Waals surface area contributed by atoms with Crippen LogP contribution in [0.25, 0.3) is 0 Å². The van der Waals surface area contributed by atoms with Crippen molar-refractivity contribution in [2.24, 2.45) is 4.99 Å². The number of hydrogen-bond donors (Lipinski definition) is 0. The Morgan fingerprint density at radius 1 is 1.06 bits per heavy atom. The van der Waals surface area contributed by atoms with Gasteiger partial charge >= 0.3 is 0 Å². The highest BCUT2D eigenvalue weighted by Crippen LogP contribution is 2.23. The summed E-state index contributed by atoms with van der Waals surface area (Å²) in [6.45, 7) is 7.90. The minimum absolute atomic E-state index is 0.0152. The van der Waals surface area contributed by atoms with Gasteiger partial charge in [0, 0.05) is 6.07 Å². The van der Waals surface area contributed by atoms with Crippen LogP contribution in [-0.2, 0) is 4.74 Å². The smallest absolute Gasteiger partial charge is 0.219 e. The fourth-order valence-electron chi connectivity index (χ4n) is 1.41. The van der Waals surface area contributed by atoms with Crippen LogP contribution in [0.15, 0.2) is 17.1 Å². The third-order valence-electron chi connectivity index (χ3n) is 2.21. The molecule has 100 valence electrons. The summed E-state index contributed by atoms with van der Waals surface area (Å²) < 4.78 is 44.2. The van der Waals surface area contributed by atoms with Gasteiger partial charge in [-0.2, -0.15) is 0 Å². The Hall–Kier alpha value is -1.52. The first-order valence-electron chi connectivity index (χ1n) is 5.77. The van der Waals surface area contributed by atoms with Crippen molar-refractivity contribution < 1.29 is 17.9 Å². The lowest BCUT2D eigenvalue weighted by Crippen LogP contribution is -2.17. The van der Waals surface area contributed by atoms with Crippen molar-refractivity contribution in [3.8, 4) is 0 Å². The normalized spacial score (nSPS) is 16.5. The third-order valence-corrected chi connectivity index (χ3v) is 2.21. The SMILES string of the molecule is CC.CC1(C)COC(c2cc(F)c(F)cc2F)=N1. The fourth-order valence-corrected chi connectivity index (χ4v) is 1.41. The lowest BCUT2D eigenvalue weighted by atomic mass is 10.1. The summed E-state index contributed by atoms with van der Waals surface area (Å²) in [6.07, 6.45) is 0. The summed E-state index contributed by atoms with van der Waals surface area (Å²) in [5.74, 6) is -3.21. The second kappa shape index (κ2) is 5.42. The van der Waals surface area contributed by atoms with Crippen LogP contribution in [0, 0.1) is 17.5 Å². The first kappa shape index (κ1) is 14.5. The zero-order valence-corrected chi connectivity index (χ0v) is 10.9. The highest BCUT2D eigenvalue weighted by Gasteiger charge is 2.29. The maximum atomic E-state index is 13.4. The van der Waals surface area contributed by atoms with Gasteiger partial charge in [-0.15, -0.1) is 0 Å². The second-order valence-electron chi connectivity index (χ2n) is 4.26. The first-order chi connectivity index (χ1) is 8.39. The molecule has 0 radical (unpaired) electrons. The number of aliphatic imine (C=N–C) groups is 1. The van der Waals surface area contributed by atoms with Gasteiger partial charge in [-0.3, -0.25) is 0 Å². The van der Waals surface area contributed by atoms with Crippen molar-refractivity contribution in [2.45, 2.75) is 33.2 Å². The van der Waals surface area contributed by atoms with E-state index in [1.54, 1.807) is 13.8 Å². The van der Waals surface area contributed by atoms with Gasteiger partial charge in [0.15, 0.2) is 11.6 Å². The summed E-state index contributed by atoms with van der Waals surface area (Å²) in [7, 11) is 0. The predicted molar refractivity (Wildman–Crippen MR) is 64.2 cm³/mol. The van der Waals surface area contributed by atoms with Gasteiger partial charge in [-0.05, 0) is 19.9 Å². The Morgan fingerprint density at radius 2 is 1.61 bits per heavy atom. The largest absolute Gasteiger partial charge is 0.475 e. The molecule has 1 heterocycles. The van der Waals surface area contributed by atoms with Crippen LogP contribution < -0.4 is 0 Å². The van der Waals surface area contributed by atoms with E-state index >= 15 is 0 Å². The average Bonchev–Trinajstić information content (AvgIpc) is 2.67. The molecular weight excluding hydrogens is 243 g/mol. The van der Waals surface area contributed by atoms with Crippen LogP contribution in [0.3, 0.4) is 0 Å². The Labute approximate surface area is 104 Å². The van der Waals surface area contributed by atoms with E-state index in [1.165, 1.54) is 0 Å². The summed E-state index contributed by atoms with van der Waals surface area (Å²) in [5.41, 5.74) is -0.614. The molecule has 2 rings (SSSR count). The third kappa shape index (κ3) is 3.03. The van der Waals surface area contributed by atoms with Crippen molar-refractivity contribution in [1.29, 1.82) is 0 Å². The topological polar surface area (TPSA) is 21.6 Å². The van der Waals surface area contributed by atoms with Crippen LogP contribution in [0.4, 0.5) is 13.2 Å². The van der Waals surface area contributed by atoms with Crippen molar-refractivity contribution in [3.05, 3.63) is 35.1 Å². The maximum Gasteiger partial charge on any atom is 0.219 e. The lowest BCUT2D eigenvalue weighted by Gasteiger charge is -2.07. The van der Waals surface area contributed by atoms with Gasteiger partial charge in [0.1, 0.15) is 12.4 Å². The summed E-state index contributed by atoms with van der Waals surface area (Å²) in [5, 5.41) is 0. The van der Waals surface area contributed by atoms with Crippen LogP contribution in [-0.4, -0.2) is 18.0 Å². The van der Waals surface area contributed by atoms with Crippen molar-refractivity contribution in [2.75, 3.05) is 6.61 Å². The molecule has 2 nitrogen and oxygen atoms in total. The van der Waals surface area contributed by atoms with E-state index < -0.39 is 23.0 Å². The highest BCUT2D eigenvalue weighted by atomic mass is 19.2. The van der Waals surface area contributed by atoms with Crippen molar-refractivity contribution in [1.82, 2.24) is 0 Å². The molecule has 1 aliphatic rings. The van der Waals surface area contributed by atoms with E-state index in [2.05, 4.69) is 4.99 Å². The monoisotopic (exact) mass is 259 g/mol. The van der Waals surface area contributed by atoms with Crippen LogP contribution in [0.1, 0.15) is 33.3 Å². The Bertz CT molecular complexity index is 470. The van der Waals surface area contributed by atoms with Gasteiger partial charge < -0.3 is 4.74 Å². The van der Waals surface area contributed by atoms with E-state index in [0.29, 0.717) is 12.7 Å². The van der Waals surface area contributed by atoms with E-state index in [0.717, 1.165) is 6.07 Å². The highest BCUT2D eigenvalue weighted by molar-refractivity contribution is 5.95. The predicted octanol–water partition coefficient (Wildman–Crippen LogP) is 3.69. The van der Waals surface area contributed by atoms with E-state index in [-0.39, 0.29) is 11.5 Å². The number of halogens is 3. The molecular formula is C13H16F3NO. The number of hydrogen-bond acceptors (Lipinski definition) is 2. The molecule has 0 bridgehead atoms. The fraction of sp³-hybridized carbons (Fsp3) is 0.462. The molecule has 5 heteroatoms. The quantitative estimate of drug-likeness (QED) is 0.705. The zero-order valence-electron chi connectivity index (χ0n) is 10.9. The zero-order chi connectivity index (χ0) is 13.9. The molecule has 1 aromatic rings. The van der Waals surface area contributed by atoms with Crippen molar-refractivity contribution >= 4 is 5.90 Å². The molecule has 0 aromatic heterocycles. The number of nitrogens with zero attached hydrogens (tertiary/aromatic N) is 1. The summed E-state index contributed by atoms with van der Waals surface area (Å²) in [4.78, 5) is 4.09. The Morgan fingerprint density at radius 3 is 2.11 bits per heavy atom. The molecule has 0 N–H and O–H groups in total. The van der Waals surface area contributed by atoms with Crippen LogP contribution >= 0.6 is 0 Å². The molecule has 0 unspecified atom stereocenters. The van der Waals surface area contributed by atoms with E-state index in [4.69, 9.17) is 4.74 Å². The van der Waals surface area contributed by atoms with Crippen LogP contribution in [0.5, 0.6) is 0 Å². The second-order valence-corrected chi connectivity index (χ2v) is 4.26. The van der Waals surface area contributed by atoms with Crippen molar-refractivity contribution in [3.63, 3.8) is 0 Å². The molecule has 18 heavy (non-hydrogen) atoms. The maximum absolute atomic E-state index is 13.4. The number of rotatable bonds is 1. The average molecular weight is 259 g/mol. The number of benzene rings is 1. The standard InChI is InChI=1S/C11H10F3NO.C2H6/c1-11(2)5-16-10(15-11)6-3-8(13)9(14)4-7(6)12;1-2/h3-4H,5H2,1-2H3;1-2H3. The van der Waals surface area contributed by atoms with E-state index in [9.17, 15) is 13.2 Å².